The minimum atomic E-state index is -0.596. The molecule has 1 N–H and O–H groups in total. The van der Waals surface area contributed by atoms with Crippen molar-refractivity contribution in [1.82, 2.24) is 10.2 Å². The fraction of sp³-hybridized carbons (Fsp3) is 0.773. The number of hydrogen-bond acceptors (Lipinski definition) is 6. The standard InChI is InChI=1S/C44H80N2O5/c1-5-7-9-11-13-15-17-19-21-23-25-27-29-31-33-35-39-49-40-42(41-50-44(48)45-37-38-46(3)4)51-43(47)36-34-32-30-28-26-24-22-20-18-16-14-12-10-8-6-2/h7,9,13,15,19-22,42H,5-6,8,10-12,14,16-18,23-41H2,1-4H3,(H,45,48)/b9-7-,15-13-,21-19-,22-20-. The second-order valence-corrected chi connectivity index (χ2v) is 14.1. The van der Waals surface area contributed by atoms with Crippen LogP contribution in [0.2, 0.25) is 0 Å². The van der Waals surface area contributed by atoms with E-state index in [-0.39, 0.29) is 19.2 Å². The normalized spacial score (nSPS) is 12.6. The summed E-state index contributed by atoms with van der Waals surface area (Å²) in [5.74, 6) is -0.246. The Labute approximate surface area is 315 Å². The molecule has 51 heavy (non-hydrogen) atoms. The fourth-order valence-electron chi connectivity index (χ4n) is 5.52. The molecule has 0 aliphatic rings. The third-order valence-electron chi connectivity index (χ3n) is 8.66. The molecule has 0 saturated carbocycles. The van der Waals surface area contributed by atoms with E-state index in [1.165, 1.54) is 83.5 Å². The Bertz CT molecular complexity index is 883. The highest BCUT2D eigenvalue weighted by atomic mass is 16.6. The SMILES string of the molecule is CC/C=C\C/C=C\C/C=C\CCCCCCCCOCC(COC(=O)NCCN(C)C)OC(=O)CCCCCCC/C=C\CCCCCCCC. The van der Waals surface area contributed by atoms with Crippen LogP contribution >= 0.6 is 0 Å². The molecule has 0 bridgehead atoms. The summed E-state index contributed by atoms with van der Waals surface area (Å²) in [5, 5.41) is 2.74. The van der Waals surface area contributed by atoms with Crippen LogP contribution < -0.4 is 5.32 Å². The van der Waals surface area contributed by atoms with Gasteiger partial charge in [0.25, 0.3) is 0 Å². The van der Waals surface area contributed by atoms with Gasteiger partial charge in [0.05, 0.1) is 6.61 Å². The molecule has 0 aromatic heterocycles. The fourth-order valence-corrected chi connectivity index (χ4v) is 5.52. The second kappa shape index (κ2) is 40.4. The van der Waals surface area contributed by atoms with E-state index in [1.54, 1.807) is 0 Å². The molecule has 0 aromatic carbocycles. The highest BCUT2D eigenvalue weighted by molar-refractivity contribution is 5.69. The predicted molar refractivity (Wildman–Crippen MR) is 217 cm³/mol. The molecule has 296 valence electrons. The first-order valence-electron chi connectivity index (χ1n) is 20.9. The molecule has 0 rings (SSSR count). The summed E-state index contributed by atoms with van der Waals surface area (Å²) in [6.07, 6.45) is 44.6. The van der Waals surface area contributed by atoms with Crippen LogP contribution in [0.15, 0.2) is 48.6 Å². The van der Waals surface area contributed by atoms with Crippen LogP contribution in [0.3, 0.4) is 0 Å². The topological polar surface area (TPSA) is 77.1 Å². The summed E-state index contributed by atoms with van der Waals surface area (Å²) in [6.45, 7) is 6.48. The van der Waals surface area contributed by atoms with Gasteiger partial charge >= 0.3 is 12.1 Å². The highest BCUT2D eigenvalue weighted by Crippen LogP contribution is 2.12. The average Bonchev–Trinajstić information content (AvgIpc) is 3.11. The van der Waals surface area contributed by atoms with Crippen molar-refractivity contribution in [3.8, 4) is 0 Å². The zero-order chi connectivity index (χ0) is 37.3. The monoisotopic (exact) mass is 717 g/mol. The van der Waals surface area contributed by atoms with Gasteiger partial charge in [-0.25, -0.2) is 4.79 Å². The van der Waals surface area contributed by atoms with Gasteiger partial charge in [-0.15, -0.1) is 0 Å². The Morgan fingerprint density at radius 1 is 0.608 bits per heavy atom. The Morgan fingerprint density at radius 3 is 1.71 bits per heavy atom. The third-order valence-corrected chi connectivity index (χ3v) is 8.66. The molecule has 1 unspecified atom stereocenters. The van der Waals surface area contributed by atoms with E-state index in [4.69, 9.17) is 14.2 Å². The lowest BCUT2D eigenvalue weighted by atomic mass is 10.1. The van der Waals surface area contributed by atoms with Gasteiger partial charge < -0.3 is 24.4 Å². The van der Waals surface area contributed by atoms with E-state index in [2.05, 4.69) is 67.8 Å². The van der Waals surface area contributed by atoms with E-state index in [9.17, 15) is 9.59 Å². The van der Waals surface area contributed by atoms with Crippen molar-refractivity contribution < 1.29 is 23.8 Å². The van der Waals surface area contributed by atoms with Gasteiger partial charge in [0, 0.05) is 26.1 Å². The number of hydrogen-bond donors (Lipinski definition) is 1. The van der Waals surface area contributed by atoms with Crippen LogP contribution in [-0.4, -0.2) is 70.1 Å². The average molecular weight is 717 g/mol. The third kappa shape index (κ3) is 40.3. The molecule has 0 fully saturated rings. The summed E-state index contributed by atoms with van der Waals surface area (Å²) in [4.78, 5) is 26.7. The van der Waals surface area contributed by atoms with Crippen molar-refractivity contribution in [2.24, 2.45) is 0 Å². The zero-order valence-electron chi connectivity index (χ0n) is 33.7. The number of nitrogens with one attached hydrogen (secondary N) is 1. The number of likely N-dealkylation sites (N-methyl/N-ethyl adjacent to an activating group) is 1. The molecule has 0 spiro atoms. The summed E-state index contributed by atoms with van der Waals surface area (Å²) >= 11 is 0. The number of nitrogens with zero attached hydrogens (tertiary/aromatic N) is 1. The molecule has 1 atom stereocenters. The smallest absolute Gasteiger partial charge is 0.407 e. The molecular weight excluding hydrogens is 636 g/mol. The summed E-state index contributed by atoms with van der Waals surface area (Å²) in [5.41, 5.74) is 0. The molecule has 0 aromatic rings. The Morgan fingerprint density at radius 2 is 1.12 bits per heavy atom. The predicted octanol–water partition coefficient (Wildman–Crippen LogP) is 11.8. The molecule has 0 aliphatic heterocycles. The highest BCUT2D eigenvalue weighted by Gasteiger charge is 2.17. The molecule has 0 radical (unpaired) electrons. The van der Waals surface area contributed by atoms with Gasteiger partial charge in [-0.1, -0.05) is 140 Å². The van der Waals surface area contributed by atoms with Crippen molar-refractivity contribution >= 4 is 12.1 Å². The molecule has 7 nitrogen and oxygen atoms in total. The number of carbonyl (C=O) groups excluding carboxylic acids is 2. The van der Waals surface area contributed by atoms with Crippen LogP contribution in [0.5, 0.6) is 0 Å². The molecule has 0 heterocycles. The van der Waals surface area contributed by atoms with Gasteiger partial charge in [-0.3, -0.25) is 4.79 Å². The number of carbonyl (C=O) groups is 2. The largest absolute Gasteiger partial charge is 0.456 e. The molecule has 0 aliphatic carbocycles. The van der Waals surface area contributed by atoms with Crippen molar-refractivity contribution in [3.05, 3.63) is 48.6 Å². The van der Waals surface area contributed by atoms with Crippen LogP contribution in [-0.2, 0) is 19.0 Å². The van der Waals surface area contributed by atoms with Crippen LogP contribution in [0.25, 0.3) is 0 Å². The van der Waals surface area contributed by atoms with E-state index < -0.39 is 12.2 Å². The quantitative estimate of drug-likeness (QED) is 0.0392. The minimum Gasteiger partial charge on any atom is -0.456 e. The van der Waals surface area contributed by atoms with Crippen molar-refractivity contribution in [3.63, 3.8) is 0 Å². The van der Waals surface area contributed by atoms with Gasteiger partial charge in [-0.2, -0.15) is 0 Å². The van der Waals surface area contributed by atoms with Gasteiger partial charge in [0.2, 0.25) is 0 Å². The van der Waals surface area contributed by atoms with Gasteiger partial charge in [-0.05, 0) is 84.7 Å². The number of amides is 1. The lowest BCUT2D eigenvalue weighted by Gasteiger charge is -2.19. The Kier molecular flexibility index (Phi) is 38.5. The first kappa shape index (κ1) is 48.6. The van der Waals surface area contributed by atoms with Crippen molar-refractivity contribution in [1.29, 1.82) is 0 Å². The van der Waals surface area contributed by atoms with Crippen molar-refractivity contribution in [2.75, 3.05) is 47.0 Å². The van der Waals surface area contributed by atoms with Crippen molar-refractivity contribution in [2.45, 2.75) is 174 Å². The number of esters is 1. The Hall–Kier alpha value is -2.38. The van der Waals surface area contributed by atoms with E-state index in [0.29, 0.717) is 19.6 Å². The maximum absolute atomic E-state index is 12.6. The maximum atomic E-state index is 12.6. The van der Waals surface area contributed by atoms with Crippen LogP contribution in [0.1, 0.15) is 168 Å². The number of unbranched alkanes of at least 4 members (excludes halogenated alkanes) is 17. The van der Waals surface area contributed by atoms with E-state index in [1.807, 2.05) is 19.0 Å². The number of ether oxygens (including phenoxy) is 3. The van der Waals surface area contributed by atoms with E-state index in [0.717, 1.165) is 70.8 Å². The lowest BCUT2D eigenvalue weighted by molar-refractivity contribution is -0.155. The first-order valence-corrected chi connectivity index (χ1v) is 20.9. The van der Waals surface area contributed by atoms with Crippen LogP contribution in [0, 0.1) is 0 Å². The molecule has 1 amide bonds. The zero-order valence-corrected chi connectivity index (χ0v) is 33.7. The lowest BCUT2D eigenvalue weighted by Crippen LogP contribution is -2.35. The minimum absolute atomic E-state index is 0.00700. The number of rotatable bonds is 37. The molecule has 0 saturated heterocycles. The molecular formula is C44H80N2O5. The number of allylic oxidation sites excluding steroid dienone is 8. The first-order chi connectivity index (χ1) is 25.0. The summed E-state index contributed by atoms with van der Waals surface area (Å²) in [6, 6.07) is 0. The maximum Gasteiger partial charge on any atom is 0.407 e. The van der Waals surface area contributed by atoms with Gasteiger partial charge in [0.1, 0.15) is 6.61 Å². The number of alkyl carbamates (subject to hydrolysis) is 1. The molecule has 7 heteroatoms. The van der Waals surface area contributed by atoms with Gasteiger partial charge in [0.15, 0.2) is 6.10 Å². The Balaban J connectivity index is 4.12. The van der Waals surface area contributed by atoms with Crippen LogP contribution in [0.4, 0.5) is 4.79 Å². The summed E-state index contributed by atoms with van der Waals surface area (Å²) in [7, 11) is 3.90. The summed E-state index contributed by atoms with van der Waals surface area (Å²) < 4.78 is 16.9. The van der Waals surface area contributed by atoms with E-state index >= 15 is 0 Å². The second-order valence-electron chi connectivity index (χ2n) is 14.1.